The van der Waals surface area contributed by atoms with Crippen LogP contribution in [0.4, 0.5) is 18.9 Å². The summed E-state index contributed by atoms with van der Waals surface area (Å²) >= 11 is 0. The zero-order chi connectivity index (χ0) is 33.0. The van der Waals surface area contributed by atoms with E-state index in [1.54, 1.807) is 19.9 Å². The van der Waals surface area contributed by atoms with Crippen LogP contribution >= 0.6 is 0 Å². The van der Waals surface area contributed by atoms with E-state index in [4.69, 9.17) is 14.2 Å². The van der Waals surface area contributed by atoms with Gasteiger partial charge in [-0.2, -0.15) is 18.4 Å². The van der Waals surface area contributed by atoms with Crippen LogP contribution in [-0.4, -0.2) is 66.8 Å². The highest BCUT2D eigenvalue weighted by molar-refractivity contribution is 6.05. The molecule has 246 valence electrons. The molecule has 46 heavy (non-hydrogen) atoms. The Morgan fingerprint density at radius 2 is 2.02 bits per heavy atom. The van der Waals surface area contributed by atoms with Crippen LogP contribution in [0, 0.1) is 28.6 Å². The molecule has 2 N–H and O–H groups in total. The van der Waals surface area contributed by atoms with Crippen LogP contribution < -0.4 is 10.6 Å². The van der Waals surface area contributed by atoms with Gasteiger partial charge in [-0.15, -0.1) is 0 Å². The van der Waals surface area contributed by atoms with Crippen molar-refractivity contribution < 1.29 is 41.8 Å². The van der Waals surface area contributed by atoms with Crippen molar-refractivity contribution in [3.63, 3.8) is 0 Å². The van der Waals surface area contributed by atoms with Gasteiger partial charge in [0, 0.05) is 30.3 Å². The fourth-order valence-electron chi connectivity index (χ4n) is 7.64. The number of carbonyl (C=O) groups is 3. The highest BCUT2D eigenvalue weighted by atomic mass is 19.4. The lowest BCUT2D eigenvalue weighted by Gasteiger charge is -2.30. The summed E-state index contributed by atoms with van der Waals surface area (Å²) in [6.45, 7) is 6.52. The summed E-state index contributed by atoms with van der Waals surface area (Å²) < 4.78 is 61.2. The number of rotatable bonds is 7. The number of ketones is 1. The number of anilines is 1. The monoisotopic (exact) mass is 642 g/mol. The first kappa shape index (κ1) is 32.1. The molecule has 2 aromatic rings. The molecule has 10 nitrogen and oxygen atoms in total. The predicted molar refractivity (Wildman–Crippen MR) is 159 cm³/mol. The fraction of sp³-hybridized carbons (Fsp3) is 0.576. The lowest BCUT2D eigenvalue weighted by atomic mass is 9.75. The number of nitrogens with zero attached hydrogens (tertiary/aromatic N) is 2. The first-order chi connectivity index (χ1) is 21.8. The molecule has 5 atom stereocenters. The molecule has 6 rings (SSSR count). The molecule has 1 saturated carbocycles. The Kier molecular flexibility index (Phi) is 8.39. The van der Waals surface area contributed by atoms with E-state index in [9.17, 15) is 32.8 Å². The fourth-order valence-corrected chi connectivity index (χ4v) is 7.64. The maximum atomic E-state index is 14.6. The van der Waals surface area contributed by atoms with E-state index < -0.39 is 46.2 Å². The van der Waals surface area contributed by atoms with E-state index in [0.717, 1.165) is 0 Å². The van der Waals surface area contributed by atoms with Gasteiger partial charge in [-0.1, -0.05) is 13.8 Å². The summed E-state index contributed by atoms with van der Waals surface area (Å²) in [5.74, 6) is -1.97. The number of nitriles is 1. The van der Waals surface area contributed by atoms with Crippen LogP contribution in [0.25, 0.3) is 5.69 Å². The Morgan fingerprint density at radius 3 is 2.70 bits per heavy atom. The van der Waals surface area contributed by atoms with Crippen molar-refractivity contribution in [2.75, 3.05) is 31.7 Å². The average Bonchev–Trinajstić information content (AvgIpc) is 3.75. The Morgan fingerprint density at radius 1 is 1.24 bits per heavy atom. The highest BCUT2D eigenvalue weighted by Crippen LogP contribution is 2.46. The summed E-state index contributed by atoms with van der Waals surface area (Å²) in [6.07, 6.45) is -3.25. The van der Waals surface area contributed by atoms with Crippen molar-refractivity contribution in [2.24, 2.45) is 17.3 Å². The van der Waals surface area contributed by atoms with Crippen LogP contribution in [0.15, 0.2) is 18.2 Å². The van der Waals surface area contributed by atoms with E-state index in [2.05, 4.69) is 16.7 Å². The number of ether oxygens (including phenoxy) is 3. The summed E-state index contributed by atoms with van der Waals surface area (Å²) in [6, 6.07) is 6.07. The van der Waals surface area contributed by atoms with Crippen LogP contribution in [0.2, 0.25) is 0 Å². The summed E-state index contributed by atoms with van der Waals surface area (Å²) in [5, 5.41) is 16.6. The standard InChI is InChI=1S/C33H37F3N4O6/c1-4-45-31(43)29-27(33(34,35)36)26-24(12-32(2,3)13-25(26)41)40(29)20-6-5-17(14-37)23(11-20)39-19-9-18-15-38-28(22(18)10-19)30(42)46-21-7-8-44-16-21/h5-6,11,18-19,21-22,28,38-39H,4,7-10,12-13,15-16H2,1-3H3/t18-,19+,21+,22+,28+/m0/s1. The van der Waals surface area contributed by atoms with Gasteiger partial charge in [0.2, 0.25) is 0 Å². The number of hydrogen-bond acceptors (Lipinski definition) is 9. The third kappa shape index (κ3) is 5.88. The molecule has 0 spiro atoms. The van der Waals surface area contributed by atoms with Crippen molar-refractivity contribution in [1.82, 2.24) is 9.88 Å². The van der Waals surface area contributed by atoms with E-state index in [1.807, 2.05) is 0 Å². The number of alkyl halides is 3. The number of nitrogens with one attached hydrogen (secondary N) is 2. The number of halogens is 3. The van der Waals surface area contributed by atoms with Gasteiger partial charge in [0.25, 0.3) is 0 Å². The molecule has 1 aromatic heterocycles. The van der Waals surface area contributed by atoms with Crippen molar-refractivity contribution in [1.29, 1.82) is 5.26 Å². The number of carbonyl (C=O) groups excluding carboxylic acids is 3. The largest absolute Gasteiger partial charge is 0.461 e. The maximum absolute atomic E-state index is 14.6. The number of aromatic nitrogens is 1. The average molecular weight is 643 g/mol. The first-order valence-corrected chi connectivity index (χ1v) is 15.7. The molecule has 3 heterocycles. The van der Waals surface area contributed by atoms with E-state index in [0.29, 0.717) is 44.7 Å². The van der Waals surface area contributed by atoms with Crippen LogP contribution in [0.3, 0.4) is 0 Å². The molecule has 2 saturated heterocycles. The second-order valence-corrected chi connectivity index (χ2v) is 13.4. The molecule has 4 aliphatic rings. The summed E-state index contributed by atoms with van der Waals surface area (Å²) in [4.78, 5) is 39.4. The van der Waals surface area contributed by atoms with E-state index in [-0.39, 0.29) is 66.3 Å². The summed E-state index contributed by atoms with van der Waals surface area (Å²) in [5.41, 5.74) is -2.28. The minimum atomic E-state index is -5.00. The van der Waals surface area contributed by atoms with Crippen LogP contribution in [0.1, 0.15) is 84.1 Å². The second-order valence-electron chi connectivity index (χ2n) is 13.4. The van der Waals surface area contributed by atoms with Gasteiger partial charge in [0.05, 0.1) is 42.2 Å². The molecule has 2 aliphatic carbocycles. The van der Waals surface area contributed by atoms with Crippen LogP contribution in [-0.2, 0) is 31.6 Å². The Bertz CT molecular complexity index is 1600. The quantitative estimate of drug-likeness (QED) is 0.409. The second kappa shape index (κ2) is 12.0. The number of esters is 2. The topological polar surface area (TPSA) is 132 Å². The molecule has 2 aliphatic heterocycles. The van der Waals surface area contributed by atoms with Crippen molar-refractivity contribution in [3.05, 3.63) is 46.3 Å². The molecule has 13 heteroatoms. The van der Waals surface area contributed by atoms with Gasteiger partial charge < -0.3 is 29.4 Å². The zero-order valence-corrected chi connectivity index (χ0v) is 26.0. The van der Waals surface area contributed by atoms with Crippen molar-refractivity contribution in [3.8, 4) is 11.8 Å². The number of Topliss-reactive ketones (excluding diaryl/α,β-unsaturated/α-hetero) is 1. The highest BCUT2D eigenvalue weighted by Gasteiger charge is 2.49. The smallest absolute Gasteiger partial charge is 0.419 e. The third-order valence-corrected chi connectivity index (χ3v) is 9.53. The SMILES string of the molecule is CCOC(=O)c1c(C(F)(F)F)c2c(n1-c1ccc(C#N)c(N[C@@H]3C[C@H]4CN[C@@H](C(=O)O[C@@H]5CCOC5)[C@@H]4C3)c1)CC(C)(C)CC2=O. The Hall–Kier alpha value is -3.89. The molecule has 0 bridgehead atoms. The normalized spacial score (nSPS) is 26.7. The molecule has 0 radical (unpaired) electrons. The number of benzene rings is 1. The van der Waals surface area contributed by atoms with Crippen LogP contribution in [0.5, 0.6) is 0 Å². The predicted octanol–water partition coefficient (Wildman–Crippen LogP) is 4.81. The van der Waals surface area contributed by atoms with E-state index in [1.165, 1.54) is 23.6 Å². The minimum Gasteiger partial charge on any atom is -0.461 e. The van der Waals surface area contributed by atoms with Gasteiger partial charge in [-0.05, 0) is 68.2 Å². The van der Waals surface area contributed by atoms with Crippen molar-refractivity contribution >= 4 is 23.4 Å². The van der Waals surface area contributed by atoms with Gasteiger partial charge in [0.1, 0.15) is 23.9 Å². The van der Waals surface area contributed by atoms with Gasteiger partial charge >= 0.3 is 18.1 Å². The molecular weight excluding hydrogens is 605 g/mol. The summed E-state index contributed by atoms with van der Waals surface area (Å²) in [7, 11) is 0. The maximum Gasteiger partial charge on any atom is 0.419 e. The lowest BCUT2D eigenvalue weighted by molar-refractivity contribution is -0.152. The Balaban J connectivity index is 1.35. The molecule has 3 fully saturated rings. The minimum absolute atomic E-state index is 0.00973. The third-order valence-electron chi connectivity index (χ3n) is 9.53. The number of hydrogen-bond donors (Lipinski definition) is 2. The van der Waals surface area contributed by atoms with E-state index >= 15 is 0 Å². The molecule has 1 aromatic carbocycles. The van der Waals surface area contributed by atoms with Gasteiger partial charge in [0.15, 0.2) is 5.78 Å². The van der Waals surface area contributed by atoms with Crippen molar-refractivity contribution in [2.45, 2.75) is 77.2 Å². The Labute approximate surface area is 264 Å². The first-order valence-electron chi connectivity index (χ1n) is 15.7. The number of fused-ring (bicyclic) bond motifs is 2. The van der Waals surface area contributed by atoms with Gasteiger partial charge in [-0.25, -0.2) is 4.79 Å². The lowest BCUT2D eigenvalue weighted by Crippen LogP contribution is -2.40. The molecule has 0 amide bonds. The molecule has 0 unspecified atom stereocenters. The zero-order valence-electron chi connectivity index (χ0n) is 26.0. The van der Waals surface area contributed by atoms with Gasteiger partial charge in [-0.3, -0.25) is 9.59 Å². The molecular formula is C33H37F3N4O6.